The number of nitro groups is 1. The minimum Gasteiger partial charge on any atom is -0.336 e. The molecule has 0 saturated carbocycles. The molecule has 0 N–H and O–H groups in total. The van der Waals surface area contributed by atoms with Crippen molar-refractivity contribution in [2.75, 3.05) is 11.4 Å². The number of aryl methyl sites for hydroxylation is 1. The van der Waals surface area contributed by atoms with Gasteiger partial charge in [0.2, 0.25) is 0 Å². The van der Waals surface area contributed by atoms with E-state index in [1.54, 1.807) is 12.1 Å². The van der Waals surface area contributed by atoms with Gasteiger partial charge in [0.05, 0.1) is 4.92 Å². The van der Waals surface area contributed by atoms with Crippen LogP contribution in [0.3, 0.4) is 0 Å². The monoisotopic (exact) mass is 332 g/mol. The predicted octanol–water partition coefficient (Wildman–Crippen LogP) is 4.44. The molecule has 0 bridgehead atoms. The van der Waals surface area contributed by atoms with Gasteiger partial charge in [0, 0.05) is 22.8 Å². The van der Waals surface area contributed by atoms with Crippen LogP contribution < -0.4 is 4.90 Å². The van der Waals surface area contributed by atoms with E-state index in [0.717, 1.165) is 29.5 Å². The van der Waals surface area contributed by atoms with Crippen LogP contribution in [0, 0.1) is 10.1 Å². The second kappa shape index (κ2) is 5.25. The van der Waals surface area contributed by atoms with Crippen LogP contribution in [-0.2, 0) is 6.42 Å². The summed E-state index contributed by atoms with van der Waals surface area (Å²) in [4.78, 5) is 12.9. The number of rotatable bonds is 2. The highest BCUT2D eigenvalue weighted by molar-refractivity contribution is 9.10. The highest BCUT2D eigenvalue weighted by Crippen LogP contribution is 2.38. The van der Waals surface area contributed by atoms with E-state index in [0.29, 0.717) is 5.69 Å². The molecule has 0 atom stereocenters. The van der Waals surface area contributed by atoms with Crippen LogP contribution in [0.25, 0.3) is 0 Å². The molecule has 0 fully saturated rings. The maximum absolute atomic E-state index is 11.2. The Labute approximate surface area is 125 Å². The molecule has 0 saturated heterocycles. The van der Waals surface area contributed by atoms with Crippen molar-refractivity contribution < 1.29 is 4.92 Å². The van der Waals surface area contributed by atoms with Gasteiger partial charge in [0.25, 0.3) is 5.69 Å². The molecule has 0 radical (unpaired) electrons. The lowest BCUT2D eigenvalue weighted by molar-refractivity contribution is -0.384. The van der Waals surface area contributed by atoms with Crippen LogP contribution in [0.2, 0.25) is 0 Å². The number of para-hydroxylation sites is 2. The molecular formula is C15H13BrN2O2. The minimum absolute atomic E-state index is 0.156. The second-order valence-corrected chi connectivity index (χ2v) is 5.69. The molecule has 20 heavy (non-hydrogen) atoms. The molecule has 0 aliphatic carbocycles. The summed E-state index contributed by atoms with van der Waals surface area (Å²) in [5.74, 6) is 0. The van der Waals surface area contributed by atoms with Crippen LogP contribution in [0.15, 0.2) is 46.9 Å². The number of halogens is 1. The van der Waals surface area contributed by atoms with Gasteiger partial charge in [-0.2, -0.15) is 0 Å². The lowest BCUT2D eigenvalue weighted by Crippen LogP contribution is -2.25. The highest BCUT2D eigenvalue weighted by Gasteiger charge is 2.24. The lowest BCUT2D eigenvalue weighted by Gasteiger charge is -2.31. The summed E-state index contributed by atoms with van der Waals surface area (Å²) in [5, 5.41) is 11.2. The smallest absolute Gasteiger partial charge is 0.292 e. The number of hydrogen-bond donors (Lipinski definition) is 0. The van der Waals surface area contributed by atoms with E-state index in [2.05, 4.69) is 22.0 Å². The Morgan fingerprint density at radius 3 is 2.75 bits per heavy atom. The topological polar surface area (TPSA) is 46.4 Å². The zero-order valence-electron chi connectivity index (χ0n) is 10.8. The van der Waals surface area contributed by atoms with Crippen LogP contribution in [-0.4, -0.2) is 11.5 Å². The van der Waals surface area contributed by atoms with E-state index in [9.17, 15) is 10.1 Å². The van der Waals surface area contributed by atoms with Gasteiger partial charge in [-0.3, -0.25) is 10.1 Å². The zero-order valence-corrected chi connectivity index (χ0v) is 12.3. The van der Waals surface area contributed by atoms with E-state index in [4.69, 9.17) is 0 Å². The first-order valence-electron chi connectivity index (χ1n) is 6.46. The Morgan fingerprint density at radius 2 is 1.95 bits per heavy atom. The molecule has 3 rings (SSSR count). The third-order valence-electron chi connectivity index (χ3n) is 3.53. The Hall–Kier alpha value is -1.88. The molecule has 1 aliphatic rings. The van der Waals surface area contributed by atoms with E-state index in [1.165, 1.54) is 5.56 Å². The first-order chi connectivity index (χ1) is 9.66. The average molecular weight is 333 g/mol. The molecule has 2 aromatic carbocycles. The summed E-state index contributed by atoms with van der Waals surface area (Å²) in [6, 6.07) is 13.0. The number of anilines is 2. The molecule has 2 aromatic rings. The van der Waals surface area contributed by atoms with Crippen molar-refractivity contribution in [1.82, 2.24) is 0 Å². The highest BCUT2D eigenvalue weighted by atomic mass is 79.9. The van der Waals surface area contributed by atoms with Crippen LogP contribution >= 0.6 is 15.9 Å². The summed E-state index contributed by atoms with van der Waals surface area (Å²) in [6.07, 6.45) is 2.00. The molecule has 1 heterocycles. The fourth-order valence-corrected chi connectivity index (χ4v) is 3.07. The van der Waals surface area contributed by atoms with Crippen LogP contribution in [0.1, 0.15) is 12.0 Å². The summed E-state index contributed by atoms with van der Waals surface area (Å²) >= 11 is 3.48. The van der Waals surface area contributed by atoms with Gasteiger partial charge in [-0.15, -0.1) is 0 Å². The van der Waals surface area contributed by atoms with Crippen LogP contribution in [0.5, 0.6) is 0 Å². The van der Waals surface area contributed by atoms with Crippen molar-refractivity contribution in [2.45, 2.75) is 12.8 Å². The molecule has 0 amide bonds. The van der Waals surface area contributed by atoms with Gasteiger partial charge in [-0.1, -0.05) is 28.1 Å². The average Bonchev–Trinajstić information content (AvgIpc) is 2.46. The molecule has 0 aromatic heterocycles. The molecular weight excluding hydrogens is 320 g/mol. The van der Waals surface area contributed by atoms with Crippen molar-refractivity contribution in [2.24, 2.45) is 0 Å². The number of fused-ring (bicyclic) bond motifs is 1. The van der Waals surface area contributed by atoms with Gasteiger partial charge in [-0.25, -0.2) is 0 Å². The fourth-order valence-electron chi connectivity index (χ4n) is 2.66. The second-order valence-electron chi connectivity index (χ2n) is 4.77. The molecule has 0 spiro atoms. The molecule has 5 heteroatoms. The molecule has 1 aliphatic heterocycles. The largest absolute Gasteiger partial charge is 0.336 e. The van der Waals surface area contributed by atoms with Gasteiger partial charge < -0.3 is 4.90 Å². The Morgan fingerprint density at radius 1 is 1.15 bits per heavy atom. The molecule has 4 nitrogen and oxygen atoms in total. The quantitative estimate of drug-likeness (QED) is 0.603. The van der Waals surface area contributed by atoms with Crippen molar-refractivity contribution >= 4 is 33.0 Å². The summed E-state index contributed by atoms with van der Waals surface area (Å²) in [6.45, 7) is 0.805. The fraction of sp³-hybridized carbons (Fsp3) is 0.200. The van der Waals surface area contributed by atoms with Gasteiger partial charge >= 0.3 is 0 Å². The van der Waals surface area contributed by atoms with Gasteiger partial charge in [0.1, 0.15) is 5.69 Å². The Kier molecular flexibility index (Phi) is 3.44. The number of nitrogens with zero attached hydrogens (tertiary/aromatic N) is 2. The molecule has 102 valence electrons. The van der Waals surface area contributed by atoms with Crippen molar-refractivity contribution in [3.63, 3.8) is 0 Å². The van der Waals surface area contributed by atoms with Crippen molar-refractivity contribution in [3.05, 3.63) is 62.6 Å². The maximum Gasteiger partial charge on any atom is 0.292 e. The Bertz CT molecular complexity index is 673. The SMILES string of the molecule is O=[N+]([O-])c1ccccc1N1CCCc2cc(Br)ccc21. The zero-order chi connectivity index (χ0) is 14.1. The van der Waals surface area contributed by atoms with E-state index in [1.807, 2.05) is 29.2 Å². The number of hydrogen-bond acceptors (Lipinski definition) is 3. The first kappa shape index (κ1) is 13.1. The first-order valence-corrected chi connectivity index (χ1v) is 7.25. The summed E-state index contributed by atoms with van der Waals surface area (Å²) < 4.78 is 1.04. The number of nitro benzene ring substituents is 1. The predicted molar refractivity (Wildman–Crippen MR) is 82.6 cm³/mol. The molecule has 0 unspecified atom stereocenters. The van der Waals surface area contributed by atoms with E-state index >= 15 is 0 Å². The summed E-state index contributed by atoms with van der Waals surface area (Å²) in [7, 11) is 0. The van der Waals surface area contributed by atoms with E-state index in [-0.39, 0.29) is 10.6 Å². The van der Waals surface area contributed by atoms with Crippen molar-refractivity contribution in [3.8, 4) is 0 Å². The number of benzene rings is 2. The van der Waals surface area contributed by atoms with Crippen LogP contribution in [0.4, 0.5) is 17.1 Å². The van der Waals surface area contributed by atoms with E-state index < -0.39 is 0 Å². The van der Waals surface area contributed by atoms with Gasteiger partial charge in [0.15, 0.2) is 0 Å². The van der Waals surface area contributed by atoms with Gasteiger partial charge in [-0.05, 0) is 42.7 Å². The lowest BCUT2D eigenvalue weighted by atomic mass is 10.0. The standard InChI is InChI=1S/C15H13BrN2O2/c16-12-7-8-13-11(10-12)4-3-9-17(13)14-5-1-2-6-15(14)18(19)20/h1-2,5-8,10H,3-4,9H2. The minimum atomic E-state index is -0.317. The van der Waals surface area contributed by atoms with Crippen molar-refractivity contribution in [1.29, 1.82) is 0 Å². The summed E-state index contributed by atoms with van der Waals surface area (Å²) in [5.41, 5.74) is 3.11. The third kappa shape index (κ3) is 2.29. The third-order valence-corrected chi connectivity index (χ3v) is 4.02. The maximum atomic E-state index is 11.2. The Balaban J connectivity index is 2.12. The normalized spacial score (nSPS) is 13.9.